The van der Waals surface area contributed by atoms with E-state index in [0.717, 1.165) is 5.56 Å². The Morgan fingerprint density at radius 1 is 1.19 bits per heavy atom. The summed E-state index contributed by atoms with van der Waals surface area (Å²) in [6.07, 6.45) is 1.12. The summed E-state index contributed by atoms with van der Waals surface area (Å²) in [6, 6.07) is 11.8. The second-order valence-electron chi connectivity index (χ2n) is 8.69. The van der Waals surface area contributed by atoms with E-state index in [1.54, 1.807) is 24.3 Å². The topological polar surface area (TPSA) is 140 Å². The van der Waals surface area contributed by atoms with Gasteiger partial charge in [-0.15, -0.1) is 5.10 Å². The average molecular weight is 527 g/mol. The van der Waals surface area contributed by atoms with Gasteiger partial charge in [-0.2, -0.15) is 4.31 Å². The fourth-order valence-electron chi connectivity index (χ4n) is 4.44. The zero-order chi connectivity index (χ0) is 26.2. The molecule has 2 aromatic carbocycles. The van der Waals surface area contributed by atoms with Crippen LogP contribution in [0.3, 0.4) is 0 Å². The molecule has 0 bridgehead atoms. The van der Waals surface area contributed by atoms with Gasteiger partial charge >= 0.3 is 5.97 Å². The number of H-pyrrole nitrogens is 1. The monoisotopic (exact) mass is 526 g/mol. The maximum atomic E-state index is 13.5. The molecule has 1 aliphatic heterocycles. The molecule has 1 fully saturated rings. The molecule has 1 N–H and O–H groups in total. The van der Waals surface area contributed by atoms with Crippen LogP contribution < -0.4 is 5.56 Å². The summed E-state index contributed by atoms with van der Waals surface area (Å²) < 4.78 is 47.8. The quantitative estimate of drug-likeness (QED) is 0.377. The number of fused-ring (bicyclic) bond motifs is 1. The molecule has 1 aliphatic rings. The number of benzene rings is 2. The van der Waals surface area contributed by atoms with Crippen molar-refractivity contribution in [2.75, 3.05) is 20.2 Å². The summed E-state index contributed by atoms with van der Waals surface area (Å²) >= 11 is 0. The van der Waals surface area contributed by atoms with Crippen molar-refractivity contribution in [2.24, 2.45) is 0 Å². The van der Waals surface area contributed by atoms with Gasteiger partial charge in [-0.3, -0.25) is 4.79 Å². The second-order valence-corrected chi connectivity index (χ2v) is 10.6. The smallest absolute Gasteiger partial charge is 0.339 e. The Labute approximate surface area is 210 Å². The van der Waals surface area contributed by atoms with Crippen LogP contribution in [0.1, 0.15) is 40.5 Å². The minimum atomic E-state index is -4.03. The zero-order valence-electron chi connectivity index (χ0n) is 19.8. The van der Waals surface area contributed by atoms with Crippen LogP contribution in [-0.4, -0.2) is 63.9 Å². The van der Waals surface area contributed by atoms with Gasteiger partial charge in [0.2, 0.25) is 10.0 Å². The second kappa shape index (κ2) is 9.82. The Morgan fingerprint density at radius 3 is 2.70 bits per heavy atom. The first-order valence-electron chi connectivity index (χ1n) is 11.5. The highest BCUT2D eigenvalue weighted by molar-refractivity contribution is 7.89. The number of hydrogen-bond donors (Lipinski definition) is 1. The highest BCUT2D eigenvalue weighted by Crippen LogP contribution is 2.30. The Kier molecular flexibility index (Phi) is 6.56. The van der Waals surface area contributed by atoms with Crippen molar-refractivity contribution >= 4 is 27.2 Å². The van der Waals surface area contributed by atoms with E-state index in [2.05, 4.69) is 20.3 Å². The summed E-state index contributed by atoms with van der Waals surface area (Å²) in [7, 11) is -2.84. The number of aromatic nitrogens is 5. The number of hydrogen-bond acceptors (Lipinski definition) is 8. The fourth-order valence-corrected chi connectivity index (χ4v) is 6.14. The lowest BCUT2D eigenvalue weighted by Crippen LogP contribution is -2.40. The van der Waals surface area contributed by atoms with Gasteiger partial charge in [0.05, 0.1) is 24.1 Å². The summed E-state index contributed by atoms with van der Waals surface area (Å²) in [5.41, 5.74) is 0.519. The third-order valence-electron chi connectivity index (χ3n) is 6.32. The highest BCUT2D eigenvalue weighted by Gasteiger charge is 2.34. The molecule has 2 aromatic heterocycles. The molecule has 1 saturated heterocycles. The molecular weight excluding hydrogens is 503 g/mol. The molecule has 13 heteroatoms. The van der Waals surface area contributed by atoms with Crippen LogP contribution in [0.5, 0.6) is 0 Å². The first-order valence-corrected chi connectivity index (χ1v) is 13.0. The maximum Gasteiger partial charge on any atom is 0.339 e. The van der Waals surface area contributed by atoms with Crippen LogP contribution in [0.4, 0.5) is 4.39 Å². The molecule has 5 rings (SSSR count). The number of aromatic amines is 1. The van der Waals surface area contributed by atoms with E-state index in [-0.39, 0.29) is 47.1 Å². The molecule has 37 heavy (non-hydrogen) atoms. The fraction of sp³-hybridized carbons (Fsp3) is 0.292. The molecule has 3 heterocycles. The van der Waals surface area contributed by atoms with E-state index in [1.807, 2.05) is 0 Å². The highest BCUT2D eigenvalue weighted by atomic mass is 32.2. The number of esters is 1. The predicted octanol–water partition coefficient (Wildman–Crippen LogP) is 2.06. The zero-order valence-corrected chi connectivity index (χ0v) is 20.6. The Hall–Kier alpha value is -3.97. The minimum Gasteiger partial charge on any atom is -0.465 e. The first kappa shape index (κ1) is 24.7. The number of nitrogens with zero attached hydrogens (tertiary/aromatic N) is 5. The van der Waals surface area contributed by atoms with E-state index in [1.165, 1.54) is 40.4 Å². The first-order chi connectivity index (χ1) is 17.8. The van der Waals surface area contributed by atoms with Crippen molar-refractivity contribution in [3.8, 4) is 0 Å². The molecule has 11 nitrogen and oxygen atoms in total. The lowest BCUT2D eigenvalue weighted by Gasteiger charge is -2.31. The predicted molar refractivity (Wildman–Crippen MR) is 130 cm³/mol. The van der Waals surface area contributed by atoms with E-state index >= 15 is 0 Å². The number of methoxy groups -OCH3 is 1. The van der Waals surface area contributed by atoms with E-state index < -0.39 is 27.5 Å². The van der Waals surface area contributed by atoms with Crippen molar-refractivity contribution in [3.63, 3.8) is 0 Å². The van der Waals surface area contributed by atoms with E-state index in [0.29, 0.717) is 18.7 Å². The van der Waals surface area contributed by atoms with Crippen molar-refractivity contribution in [3.05, 3.63) is 81.7 Å². The number of carbonyl (C=O) groups is 1. The molecule has 0 saturated carbocycles. The van der Waals surface area contributed by atoms with E-state index in [9.17, 15) is 22.4 Å². The number of carbonyl (C=O) groups excluding carboxylic acids is 1. The third kappa shape index (κ3) is 4.74. The van der Waals surface area contributed by atoms with Crippen LogP contribution in [-0.2, 0) is 21.3 Å². The van der Waals surface area contributed by atoms with Gasteiger partial charge in [-0.05, 0) is 42.7 Å². The SMILES string of the molecule is COC(=O)c1ccccc1S(=O)(=O)N1CCC[C@@H](c2nc3c(nnn3Cc3ccc(F)cc3)c(=O)[nH]2)C1. The molecule has 1 atom stereocenters. The number of ether oxygens (including phenoxy) is 1. The van der Waals surface area contributed by atoms with Gasteiger partial charge in [-0.1, -0.05) is 29.5 Å². The van der Waals surface area contributed by atoms with Crippen LogP contribution in [0.15, 0.2) is 58.2 Å². The van der Waals surface area contributed by atoms with Crippen LogP contribution in [0.25, 0.3) is 11.2 Å². The molecule has 0 unspecified atom stereocenters. The van der Waals surface area contributed by atoms with Crippen molar-refractivity contribution in [2.45, 2.75) is 30.2 Å². The normalized spacial score (nSPS) is 16.6. The van der Waals surface area contributed by atoms with Gasteiger partial charge in [0.15, 0.2) is 11.2 Å². The van der Waals surface area contributed by atoms with E-state index in [4.69, 9.17) is 4.74 Å². The lowest BCUT2D eigenvalue weighted by atomic mass is 9.99. The Morgan fingerprint density at radius 2 is 1.95 bits per heavy atom. The van der Waals surface area contributed by atoms with Crippen LogP contribution in [0, 0.1) is 5.82 Å². The summed E-state index contributed by atoms with van der Waals surface area (Å²) in [5, 5.41) is 7.96. The van der Waals surface area contributed by atoms with Gasteiger partial charge < -0.3 is 9.72 Å². The number of sulfonamides is 1. The van der Waals surface area contributed by atoms with Crippen LogP contribution >= 0.6 is 0 Å². The molecule has 0 spiro atoms. The maximum absolute atomic E-state index is 13.5. The summed E-state index contributed by atoms with van der Waals surface area (Å²) in [5.74, 6) is -1.19. The average Bonchev–Trinajstić information content (AvgIpc) is 3.32. The Bertz CT molecular complexity index is 1630. The van der Waals surface area contributed by atoms with Crippen LogP contribution in [0.2, 0.25) is 0 Å². The van der Waals surface area contributed by atoms with Crippen molar-refractivity contribution < 1.29 is 22.3 Å². The van der Waals surface area contributed by atoms with Gasteiger partial charge in [0, 0.05) is 19.0 Å². The van der Waals surface area contributed by atoms with Gasteiger partial charge in [-0.25, -0.2) is 27.3 Å². The number of piperidine rings is 1. The Balaban J connectivity index is 1.46. The summed E-state index contributed by atoms with van der Waals surface area (Å²) in [4.78, 5) is 32.1. The molecule has 0 aliphatic carbocycles. The molecule has 0 radical (unpaired) electrons. The standard InChI is InChI=1S/C24H23FN6O5S/c1-36-24(33)18-6-2-3-7-19(18)37(34,35)30-12-4-5-16(14-30)21-26-22-20(23(32)27-21)28-29-31(22)13-15-8-10-17(25)11-9-15/h2-3,6-11,16H,4-5,12-14H2,1H3,(H,26,27,32)/t16-/m1/s1. The third-order valence-corrected chi connectivity index (χ3v) is 8.24. The molecule has 4 aromatic rings. The van der Waals surface area contributed by atoms with Crippen molar-refractivity contribution in [1.82, 2.24) is 29.3 Å². The summed E-state index contributed by atoms with van der Waals surface area (Å²) in [6.45, 7) is 0.541. The number of nitrogens with one attached hydrogen (secondary N) is 1. The van der Waals surface area contributed by atoms with Gasteiger partial charge in [0.25, 0.3) is 5.56 Å². The number of rotatable bonds is 6. The molecule has 192 valence electrons. The molecule has 0 amide bonds. The van der Waals surface area contributed by atoms with Gasteiger partial charge in [0.1, 0.15) is 11.6 Å². The largest absolute Gasteiger partial charge is 0.465 e. The number of halogens is 1. The minimum absolute atomic E-state index is 0.0455. The lowest BCUT2D eigenvalue weighted by molar-refractivity contribution is 0.0596. The van der Waals surface area contributed by atoms with Crippen molar-refractivity contribution in [1.29, 1.82) is 0 Å². The molecular formula is C24H23FN6O5S.